The minimum atomic E-state index is -4.49. The van der Waals surface area contributed by atoms with Crippen LogP contribution >= 0.6 is 11.6 Å². The Morgan fingerprint density at radius 2 is 1.90 bits per heavy atom. The normalized spacial score (nSPS) is 18.9. The van der Waals surface area contributed by atoms with Crippen LogP contribution in [0.4, 0.5) is 18.9 Å². The van der Waals surface area contributed by atoms with E-state index in [-0.39, 0.29) is 47.5 Å². The first kappa shape index (κ1) is 31.7. The van der Waals surface area contributed by atoms with Crippen LogP contribution in [0, 0.1) is 5.92 Å². The lowest BCUT2D eigenvalue weighted by atomic mass is 9.99. The zero-order valence-corrected chi connectivity index (χ0v) is 23.7. The van der Waals surface area contributed by atoms with Crippen LogP contribution in [-0.4, -0.2) is 79.6 Å². The van der Waals surface area contributed by atoms with Crippen molar-refractivity contribution in [3.05, 3.63) is 53.1 Å². The van der Waals surface area contributed by atoms with E-state index in [9.17, 15) is 36.3 Å². The third kappa shape index (κ3) is 7.87. The molecule has 2 aromatic carbocycles. The number of benzene rings is 2. The topological polar surface area (TPSA) is 116 Å². The van der Waals surface area contributed by atoms with Gasteiger partial charge in [0.05, 0.1) is 36.1 Å². The zero-order valence-electron chi connectivity index (χ0n) is 22.1. The number of alkyl halides is 3. The van der Waals surface area contributed by atoms with Gasteiger partial charge in [0.15, 0.2) is 0 Å². The molecule has 0 unspecified atom stereocenters. The van der Waals surface area contributed by atoms with Crippen LogP contribution in [0.5, 0.6) is 5.75 Å². The molecule has 0 fully saturated rings. The SMILES string of the molecule is C[C@H]1CN([C@@H](C)CO)C(=O)c2cc(NC(=O)CCC(F)(F)F)ccc2O[C@H]1CN(C)S(=O)(=O)c1ccc(Cl)cc1. The maximum atomic E-state index is 13.5. The summed E-state index contributed by atoms with van der Waals surface area (Å²) in [5.74, 6) is -1.68. The first-order valence-electron chi connectivity index (χ1n) is 12.4. The highest BCUT2D eigenvalue weighted by Crippen LogP contribution is 2.31. The van der Waals surface area contributed by atoms with Crippen molar-refractivity contribution in [1.29, 1.82) is 0 Å². The molecule has 1 aliphatic rings. The molecule has 9 nitrogen and oxygen atoms in total. The molecule has 1 aliphatic heterocycles. The van der Waals surface area contributed by atoms with Gasteiger partial charge in [-0.1, -0.05) is 18.5 Å². The molecule has 0 saturated carbocycles. The largest absolute Gasteiger partial charge is 0.488 e. The number of anilines is 1. The number of carbonyl (C=O) groups is 2. The van der Waals surface area contributed by atoms with E-state index in [0.29, 0.717) is 5.02 Å². The minimum Gasteiger partial charge on any atom is -0.488 e. The summed E-state index contributed by atoms with van der Waals surface area (Å²) in [5.41, 5.74) is 0.0983. The summed E-state index contributed by atoms with van der Waals surface area (Å²) in [4.78, 5) is 27.0. The number of likely N-dealkylation sites (N-methyl/N-ethyl adjacent to an activating group) is 1. The average molecular weight is 606 g/mol. The predicted molar refractivity (Wildman–Crippen MR) is 143 cm³/mol. The molecule has 2 aromatic rings. The van der Waals surface area contributed by atoms with Crippen molar-refractivity contribution >= 4 is 39.1 Å². The third-order valence-corrected chi connectivity index (χ3v) is 8.63. The van der Waals surface area contributed by atoms with Crippen LogP contribution in [0.15, 0.2) is 47.4 Å². The molecule has 220 valence electrons. The molecular weight excluding hydrogens is 575 g/mol. The van der Waals surface area contributed by atoms with E-state index in [1.54, 1.807) is 13.8 Å². The predicted octanol–water partition coefficient (Wildman–Crippen LogP) is 4.16. The van der Waals surface area contributed by atoms with Crippen molar-refractivity contribution in [3.8, 4) is 5.75 Å². The van der Waals surface area contributed by atoms with Crippen molar-refractivity contribution < 1.29 is 41.0 Å². The molecule has 0 spiro atoms. The van der Waals surface area contributed by atoms with Gasteiger partial charge in [0.25, 0.3) is 5.91 Å². The zero-order chi connectivity index (χ0) is 29.8. The number of hydrogen-bond acceptors (Lipinski definition) is 6. The summed E-state index contributed by atoms with van der Waals surface area (Å²) in [6.45, 7) is 3.11. The number of sulfonamides is 1. The summed E-state index contributed by atoms with van der Waals surface area (Å²) in [6, 6.07) is 9.17. The van der Waals surface area contributed by atoms with Crippen molar-refractivity contribution in [2.45, 2.75) is 49.9 Å². The smallest absolute Gasteiger partial charge is 0.389 e. The number of ether oxygens (including phenoxy) is 1. The van der Waals surface area contributed by atoms with Gasteiger partial charge in [-0.05, 0) is 49.4 Å². The average Bonchev–Trinajstić information content (AvgIpc) is 2.89. The van der Waals surface area contributed by atoms with Crippen LogP contribution in [0.25, 0.3) is 0 Å². The molecule has 2 N–H and O–H groups in total. The van der Waals surface area contributed by atoms with Crippen molar-refractivity contribution in [2.75, 3.05) is 32.1 Å². The molecule has 3 rings (SSSR count). The number of nitrogens with one attached hydrogen (secondary N) is 1. The molecule has 1 heterocycles. The lowest BCUT2D eigenvalue weighted by molar-refractivity contribution is -0.142. The van der Waals surface area contributed by atoms with Gasteiger partial charge in [-0.2, -0.15) is 17.5 Å². The highest BCUT2D eigenvalue weighted by atomic mass is 35.5. The fraction of sp³-hybridized carbons (Fsp3) is 0.462. The molecule has 2 amide bonds. The Balaban J connectivity index is 1.91. The molecule has 0 saturated heterocycles. The van der Waals surface area contributed by atoms with E-state index in [4.69, 9.17) is 16.3 Å². The van der Waals surface area contributed by atoms with E-state index in [1.165, 1.54) is 54.4 Å². The number of hydrogen-bond donors (Lipinski definition) is 2. The van der Waals surface area contributed by atoms with Gasteiger partial charge in [-0.3, -0.25) is 9.59 Å². The van der Waals surface area contributed by atoms with Gasteiger partial charge < -0.3 is 20.1 Å². The maximum absolute atomic E-state index is 13.5. The number of carbonyl (C=O) groups excluding carboxylic acids is 2. The molecule has 0 aromatic heterocycles. The summed E-state index contributed by atoms with van der Waals surface area (Å²) in [7, 11) is -2.51. The lowest BCUT2D eigenvalue weighted by Gasteiger charge is -2.38. The van der Waals surface area contributed by atoms with E-state index in [1.807, 2.05) is 0 Å². The van der Waals surface area contributed by atoms with Crippen molar-refractivity contribution in [3.63, 3.8) is 0 Å². The Labute approximate surface area is 235 Å². The molecule has 0 aliphatic carbocycles. The summed E-state index contributed by atoms with van der Waals surface area (Å²) < 4.78 is 71.1. The van der Waals surface area contributed by atoms with Crippen LogP contribution in [0.2, 0.25) is 5.02 Å². The van der Waals surface area contributed by atoms with E-state index < -0.39 is 53.0 Å². The number of rotatable bonds is 9. The fourth-order valence-electron chi connectivity index (χ4n) is 4.14. The van der Waals surface area contributed by atoms with Crippen molar-refractivity contribution in [2.24, 2.45) is 5.92 Å². The Kier molecular flexibility index (Phi) is 10.1. The fourth-order valence-corrected chi connectivity index (χ4v) is 5.44. The Morgan fingerprint density at radius 1 is 1.25 bits per heavy atom. The maximum Gasteiger partial charge on any atom is 0.389 e. The Bertz CT molecular complexity index is 1320. The quantitative estimate of drug-likeness (QED) is 0.443. The molecule has 3 atom stereocenters. The van der Waals surface area contributed by atoms with Gasteiger partial charge in [0, 0.05) is 36.6 Å². The van der Waals surface area contributed by atoms with Crippen LogP contribution in [-0.2, 0) is 14.8 Å². The van der Waals surface area contributed by atoms with E-state index in [0.717, 1.165) is 4.31 Å². The molecular formula is C26H31ClF3N3O6S. The molecule has 14 heteroatoms. The Hall–Kier alpha value is -2.87. The first-order chi connectivity index (χ1) is 18.6. The minimum absolute atomic E-state index is 0.00836. The number of nitrogens with zero attached hydrogens (tertiary/aromatic N) is 2. The number of aliphatic hydroxyl groups is 1. The van der Waals surface area contributed by atoms with Gasteiger partial charge in [0.2, 0.25) is 15.9 Å². The van der Waals surface area contributed by atoms with Gasteiger partial charge >= 0.3 is 6.18 Å². The number of fused-ring (bicyclic) bond motifs is 1. The molecule has 0 bridgehead atoms. The van der Waals surface area contributed by atoms with Crippen molar-refractivity contribution in [1.82, 2.24) is 9.21 Å². The van der Waals surface area contributed by atoms with Gasteiger partial charge in [-0.25, -0.2) is 8.42 Å². The molecule has 0 radical (unpaired) electrons. The summed E-state index contributed by atoms with van der Waals surface area (Å²) in [5, 5.41) is 12.5. The number of halogens is 4. The van der Waals surface area contributed by atoms with E-state index >= 15 is 0 Å². The standard InChI is InChI=1S/C26H31ClF3N3O6S/c1-16-13-33(17(2)15-34)25(36)21-12-19(31-24(35)10-11-26(28,29)30)6-9-22(21)39-23(16)14-32(3)40(37,38)20-7-4-18(27)5-8-20/h4-9,12,16-17,23,34H,10-11,13-15H2,1-3H3,(H,31,35)/t16-,17-,23-/m0/s1. The number of amides is 2. The summed E-state index contributed by atoms with van der Waals surface area (Å²) in [6.07, 6.45) is -7.31. The highest BCUT2D eigenvalue weighted by Gasteiger charge is 2.35. The number of aliphatic hydroxyl groups excluding tert-OH is 1. The Morgan fingerprint density at radius 3 is 2.50 bits per heavy atom. The monoisotopic (exact) mass is 605 g/mol. The lowest BCUT2D eigenvalue weighted by Crippen LogP contribution is -2.50. The van der Waals surface area contributed by atoms with Gasteiger partial charge in [-0.15, -0.1) is 0 Å². The van der Waals surface area contributed by atoms with Crippen LogP contribution in [0.1, 0.15) is 37.0 Å². The van der Waals surface area contributed by atoms with Crippen LogP contribution in [0.3, 0.4) is 0 Å². The second-order valence-corrected chi connectivity index (χ2v) is 12.2. The highest BCUT2D eigenvalue weighted by molar-refractivity contribution is 7.89. The second kappa shape index (κ2) is 12.8. The van der Waals surface area contributed by atoms with Gasteiger partial charge in [0.1, 0.15) is 11.9 Å². The second-order valence-electron chi connectivity index (χ2n) is 9.74. The first-order valence-corrected chi connectivity index (χ1v) is 14.2. The third-order valence-electron chi connectivity index (χ3n) is 6.54. The summed E-state index contributed by atoms with van der Waals surface area (Å²) >= 11 is 5.89. The van der Waals surface area contributed by atoms with Crippen LogP contribution < -0.4 is 10.1 Å². The van der Waals surface area contributed by atoms with E-state index in [2.05, 4.69) is 5.32 Å². The molecule has 40 heavy (non-hydrogen) atoms.